The van der Waals surface area contributed by atoms with Gasteiger partial charge in [0.25, 0.3) is 11.7 Å². The second-order valence-electron chi connectivity index (χ2n) is 24.0. The fourth-order valence-corrected chi connectivity index (χ4v) is 14.1. The molecule has 3 saturated heterocycles. The number of Topliss-reactive ketones (excluding diaryl/α,β-unsaturated/α-hetero) is 1. The molecule has 1 amide bonds. The van der Waals surface area contributed by atoms with Crippen molar-refractivity contribution in [3.8, 4) is 23.0 Å². The Labute approximate surface area is 537 Å². The highest BCUT2D eigenvalue weighted by molar-refractivity contribution is 7.61. The average Bonchev–Trinajstić information content (AvgIpc) is 1.33. The fourth-order valence-electron chi connectivity index (χ4n) is 12.0. The minimum Gasteiger partial charge on any atom is -0.507 e. The zero-order chi connectivity index (χ0) is 68.8. The number of hydrazone groups is 1. The molecule has 0 aliphatic carbocycles. The maximum Gasteiger partial charge on any atom is 0.481 e. The molecule has 0 radical (unpaired) electrons. The lowest BCUT2D eigenvalue weighted by atomic mass is 9.78. The summed E-state index contributed by atoms with van der Waals surface area (Å²) in [6.45, 7) is 11.8. The standard InChI is InChI=1S/C58H79N9O25P2/c1-25-12-11-13-26(2)55(78)64-39-32(20-63-66-17-15-65(9)16-18-66)43(71)36-37(46(39)74)42(70)29(5)51-38(36)52(77)58(8,91-51)84-19-14-33(83-10)27(3)49(87-31(7)68)30(6)50(28(4)41(25)69)90-57-48(76)45(73)35(89-57)22-86-94(81,82)92-93(79,80)85-21-34-44(72)47(75)56(88-34)67-24-62-54-40(67)53(59)60-23-61-54/h11-14,19-20,23-25,27-28,30,33-35,41,44-45,47-50,56-57,69-76H,15-18,21-22H2,1-10H3,(H,64,78)(H,79,80)(H,81,82)(H2,59,60,61)/b12-11+,19-14+,26-13-,63-20+/t25?,27?,28?,30?,33?,34-,35-,41?,44-,45-,47-,48-,49?,50?,56-,57-,58?/m1/s1. The second kappa shape index (κ2) is 28.5. The third-order valence-corrected chi connectivity index (χ3v) is 20.0. The number of phenols is 3. The van der Waals surface area contributed by atoms with E-state index in [2.05, 4.69) is 34.6 Å². The number of esters is 1. The highest BCUT2D eigenvalue weighted by Crippen LogP contribution is 2.61. The number of hydrogen-bond donors (Lipinski definition) is 12. The van der Waals surface area contributed by atoms with Gasteiger partial charge in [-0.25, -0.2) is 24.1 Å². The van der Waals surface area contributed by atoms with Crippen molar-refractivity contribution in [1.29, 1.82) is 0 Å². The maximum absolute atomic E-state index is 14.8. The van der Waals surface area contributed by atoms with Crippen molar-refractivity contribution in [3.63, 3.8) is 0 Å². The van der Waals surface area contributed by atoms with E-state index in [0.717, 1.165) is 19.5 Å². The minimum atomic E-state index is -5.67. The number of nitrogens with two attached hydrogens (primary N) is 1. The first-order valence-corrected chi connectivity index (χ1v) is 32.8. The number of imidazole rings is 1. The number of nitrogens with zero attached hydrogens (tertiary/aromatic N) is 7. The van der Waals surface area contributed by atoms with Crippen LogP contribution in [0.1, 0.15) is 76.2 Å². The maximum atomic E-state index is 14.8. The molecule has 2 aromatic carbocycles. The van der Waals surface area contributed by atoms with Crippen molar-refractivity contribution >= 4 is 73.0 Å². The number of aliphatic hydroxyl groups excluding tert-OH is 5. The lowest BCUT2D eigenvalue weighted by Gasteiger charge is -2.41. The average molecular weight is 1360 g/mol. The van der Waals surface area contributed by atoms with Crippen molar-refractivity contribution in [2.75, 3.05) is 64.6 Å². The van der Waals surface area contributed by atoms with E-state index in [1.54, 1.807) is 38.8 Å². The number of amides is 1. The van der Waals surface area contributed by atoms with Crippen molar-refractivity contribution in [3.05, 3.63) is 65.5 Å². The van der Waals surface area contributed by atoms with Crippen LogP contribution in [-0.2, 0) is 60.5 Å². The number of rotatable bonds is 15. The van der Waals surface area contributed by atoms with Crippen LogP contribution in [0, 0.1) is 30.6 Å². The normalized spacial score (nSPS) is 34.1. The molecule has 19 atom stereocenters. The zero-order valence-electron chi connectivity index (χ0n) is 52.8. The molecule has 0 saturated carbocycles. The molecule has 11 unspecified atom stereocenters. The Kier molecular flexibility index (Phi) is 21.7. The number of hydrogen-bond acceptors (Lipinski definition) is 30. The molecule has 6 aliphatic rings. The molecule has 3 fully saturated rings. The molecule has 10 rings (SSSR count). The number of phenolic OH excluding ortho intramolecular Hbond substituents is 3. The van der Waals surface area contributed by atoms with Gasteiger partial charge in [-0.2, -0.15) is 9.41 Å². The van der Waals surface area contributed by atoms with Crippen molar-refractivity contribution in [2.45, 2.75) is 135 Å². The number of methoxy groups -OCH3 is 1. The molecule has 13 N–H and O–H groups in total. The first-order chi connectivity index (χ1) is 44.2. The number of phosphoric ester groups is 2. The number of piperazine rings is 1. The van der Waals surface area contributed by atoms with Crippen LogP contribution in [0.2, 0.25) is 0 Å². The predicted octanol–water partition coefficient (Wildman–Crippen LogP) is 2.10. The molecule has 2 aromatic heterocycles. The van der Waals surface area contributed by atoms with Gasteiger partial charge >= 0.3 is 27.4 Å². The molecule has 36 heteroatoms. The van der Waals surface area contributed by atoms with Crippen molar-refractivity contribution < 1.29 is 121 Å². The number of carbonyl (C=O) groups excluding carboxylic acids is 3. The number of nitrogens with one attached hydrogen (secondary N) is 1. The summed E-state index contributed by atoms with van der Waals surface area (Å²) in [4.78, 5) is 77.2. The van der Waals surface area contributed by atoms with Gasteiger partial charge in [-0.05, 0) is 27.0 Å². The molecule has 6 aliphatic heterocycles. The molecule has 94 heavy (non-hydrogen) atoms. The summed E-state index contributed by atoms with van der Waals surface area (Å²) in [6, 6.07) is 0. The Morgan fingerprint density at radius 3 is 2.14 bits per heavy atom. The largest absolute Gasteiger partial charge is 0.507 e. The number of nitrogen functional groups attached to an aromatic ring is 1. The van der Waals surface area contributed by atoms with Gasteiger partial charge in [0.1, 0.15) is 78.1 Å². The lowest BCUT2D eigenvalue weighted by Crippen LogP contribution is -2.50. The number of allylic oxidation sites excluding steroid dienone is 2. The van der Waals surface area contributed by atoms with Gasteiger partial charge in [-0.3, -0.25) is 33.0 Å². The van der Waals surface area contributed by atoms with Gasteiger partial charge in [0.15, 0.2) is 29.7 Å². The number of phosphoric acid groups is 2. The number of likely N-dealkylation sites (N-methyl/N-ethyl adjacent to an activating group) is 1. The van der Waals surface area contributed by atoms with E-state index in [1.807, 2.05) is 7.05 Å². The number of aliphatic hydroxyl groups is 5. The van der Waals surface area contributed by atoms with Crippen LogP contribution in [0.4, 0.5) is 11.5 Å². The fraction of sp³-hybridized carbons (Fsp3) is 0.569. The summed E-state index contributed by atoms with van der Waals surface area (Å²) >= 11 is 0. The zero-order valence-corrected chi connectivity index (χ0v) is 54.6. The van der Waals surface area contributed by atoms with E-state index in [0.29, 0.717) is 26.2 Å². The van der Waals surface area contributed by atoms with E-state index in [9.17, 15) is 74.2 Å². The summed E-state index contributed by atoms with van der Waals surface area (Å²) < 4.78 is 83.9. The van der Waals surface area contributed by atoms with E-state index in [4.69, 9.17) is 47.9 Å². The van der Waals surface area contributed by atoms with E-state index in [-0.39, 0.29) is 56.1 Å². The number of aromatic nitrogens is 4. The number of benzene rings is 2. The van der Waals surface area contributed by atoms with Crippen molar-refractivity contribution in [1.82, 2.24) is 29.4 Å². The summed E-state index contributed by atoms with van der Waals surface area (Å²) in [7, 11) is -8.00. The number of anilines is 2. The monoisotopic (exact) mass is 1360 g/mol. The topological polar surface area (TPSA) is 480 Å². The third-order valence-electron chi connectivity index (χ3n) is 17.4. The van der Waals surface area contributed by atoms with Gasteiger partial charge < -0.3 is 99.7 Å². The Morgan fingerprint density at radius 2 is 1.49 bits per heavy atom. The Morgan fingerprint density at radius 1 is 0.840 bits per heavy atom. The van der Waals surface area contributed by atoms with E-state index < -0.39 is 172 Å². The Balaban J connectivity index is 0.965. The Hall–Kier alpha value is -6.79. The first kappa shape index (κ1) is 71.5. The quantitative estimate of drug-likeness (QED) is 0.0266. The third kappa shape index (κ3) is 14.6. The molecule has 34 nitrogen and oxygen atoms in total. The molecule has 4 aromatic rings. The highest BCUT2D eigenvalue weighted by Gasteiger charge is 2.53. The van der Waals surface area contributed by atoms with Crippen LogP contribution >= 0.6 is 15.6 Å². The van der Waals surface area contributed by atoms with Gasteiger partial charge in [0.2, 0.25) is 0 Å². The Bertz CT molecular complexity index is 3730. The van der Waals surface area contributed by atoms with Crippen LogP contribution in [0.5, 0.6) is 23.0 Å². The molecular weight excluding hydrogens is 1280 g/mol. The summed E-state index contributed by atoms with van der Waals surface area (Å²) in [5, 5.41) is 101. The molecule has 0 spiro atoms. The number of ether oxygens (including phenoxy) is 7. The van der Waals surface area contributed by atoms with Crippen LogP contribution in [0.3, 0.4) is 0 Å². The number of carbonyl (C=O) groups is 3. The van der Waals surface area contributed by atoms with Crippen LogP contribution in [0.25, 0.3) is 21.9 Å². The summed E-state index contributed by atoms with van der Waals surface area (Å²) in [5.74, 6) is -10.7. The van der Waals surface area contributed by atoms with Crippen molar-refractivity contribution in [2.24, 2.45) is 28.8 Å². The van der Waals surface area contributed by atoms with Gasteiger partial charge in [0, 0.05) is 87.3 Å². The molecule has 5 bridgehead atoms. The SMILES string of the molecule is COC1/C=C/OC2(C)Oc3c(C)c(O)c4c(O)c(c(/C=N/N5CCN(C)CC5)c(O)c4c3C2=O)NC(=O)/C(C)=C\C=C\C(C)C(O)C(C)C(O[C@H]2O[C@H](COP(=O)(O)OP(=O)(O)OC[C@H]3O[C@@H](n4cnc5ncnc(N)c54)[C@H](O)[C@@H]3O)[C@@H](O)[C@H]2O)C(C)C(OC(C)=O)C1C. The minimum absolute atomic E-state index is 0.0308. The predicted molar refractivity (Wildman–Crippen MR) is 328 cm³/mol. The van der Waals surface area contributed by atoms with Gasteiger partial charge in [0.05, 0.1) is 66.2 Å². The second-order valence-corrected chi connectivity index (χ2v) is 27.0. The van der Waals surface area contributed by atoms with Crippen LogP contribution in [-0.4, -0.2) is 231 Å². The van der Waals surface area contributed by atoms with Gasteiger partial charge in [-0.15, -0.1) is 0 Å². The van der Waals surface area contributed by atoms with E-state index >= 15 is 0 Å². The van der Waals surface area contributed by atoms with Gasteiger partial charge in [-0.1, -0.05) is 45.9 Å². The molecule has 516 valence electrons. The number of aromatic hydroxyl groups is 3. The molecular formula is C58H79N9O25P2. The summed E-state index contributed by atoms with van der Waals surface area (Å²) in [5.41, 5.74) is 5.33. The number of fused-ring (bicyclic) bond motifs is 15. The van der Waals surface area contributed by atoms with E-state index in [1.165, 1.54) is 63.2 Å². The number of ketones is 1. The van der Waals surface area contributed by atoms with Crippen LogP contribution < -0.4 is 15.8 Å². The highest BCUT2D eigenvalue weighted by atomic mass is 31.3. The first-order valence-electron chi connectivity index (χ1n) is 29.8. The van der Waals surface area contributed by atoms with Crippen LogP contribution in [0.15, 0.2) is 53.9 Å². The lowest BCUT2D eigenvalue weighted by molar-refractivity contribution is -0.231. The smallest absolute Gasteiger partial charge is 0.481 e. The molecule has 8 heterocycles. The summed E-state index contributed by atoms with van der Waals surface area (Å²) in [6.07, 6.45) is -8.51.